The van der Waals surface area contributed by atoms with Gasteiger partial charge in [-0.1, -0.05) is 12.2 Å². The summed E-state index contributed by atoms with van der Waals surface area (Å²) in [5.74, 6) is 0. The second-order valence-electron chi connectivity index (χ2n) is 4.49. The van der Waals surface area contributed by atoms with Crippen molar-refractivity contribution in [2.24, 2.45) is 0 Å². The fraction of sp³-hybridized carbons (Fsp3) is 0.333. The molecule has 1 N–H and O–H groups in total. The van der Waals surface area contributed by atoms with Gasteiger partial charge in [0.1, 0.15) is 0 Å². The highest BCUT2D eigenvalue weighted by Crippen LogP contribution is 2.28. The van der Waals surface area contributed by atoms with Crippen molar-refractivity contribution in [1.82, 2.24) is 0 Å². The number of sulfone groups is 1. The SMILES string of the molecule is CS(=O)(=O)c1cc([N+](=O)[O-])ccc1NC1CC=CC1. The number of nitro benzene ring substituents is 1. The Morgan fingerprint density at radius 2 is 1.95 bits per heavy atom. The Bertz CT molecular complexity index is 629. The number of nitro groups is 1. The van der Waals surface area contributed by atoms with Crippen LogP contribution in [0.1, 0.15) is 12.8 Å². The number of nitrogens with zero attached hydrogens (tertiary/aromatic N) is 1. The molecule has 0 fully saturated rings. The Morgan fingerprint density at radius 3 is 2.47 bits per heavy atom. The molecule has 0 saturated carbocycles. The summed E-state index contributed by atoms with van der Waals surface area (Å²) < 4.78 is 23.4. The van der Waals surface area contributed by atoms with Crippen molar-refractivity contribution >= 4 is 21.2 Å². The van der Waals surface area contributed by atoms with Crippen LogP contribution in [0.2, 0.25) is 0 Å². The first-order valence-corrected chi connectivity index (χ1v) is 7.67. The number of non-ortho nitro benzene ring substituents is 1. The lowest BCUT2D eigenvalue weighted by atomic mass is 10.2. The molecule has 0 unspecified atom stereocenters. The number of nitrogens with one attached hydrogen (secondary N) is 1. The summed E-state index contributed by atoms with van der Waals surface area (Å²) in [5, 5.41) is 13.8. The van der Waals surface area contributed by atoms with E-state index in [4.69, 9.17) is 0 Å². The van der Waals surface area contributed by atoms with Crippen molar-refractivity contribution in [2.45, 2.75) is 23.8 Å². The molecule has 1 aliphatic carbocycles. The summed E-state index contributed by atoms with van der Waals surface area (Å²) in [6.45, 7) is 0. The highest BCUT2D eigenvalue weighted by Gasteiger charge is 2.20. The second kappa shape index (κ2) is 5.00. The van der Waals surface area contributed by atoms with Crippen LogP contribution >= 0.6 is 0 Å². The molecular weight excluding hydrogens is 268 g/mol. The van der Waals surface area contributed by atoms with Crippen LogP contribution in [0, 0.1) is 10.1 Å². The number of hydrogen-bond donors (Lipinski definition) is 1. The molecule has 0 aliphatic heterocycles. The van der Waals surface area contributed by atoms with Gasteiger partial charge in [-0.25, -0.2) is 8.42 Å². The van der Waals surface area contributed by atoms with Crippen LogP contribution in [-0.4, -0.2) is 25.6 Å². The number of anilines is 1. The van der Waals surface area contributed by atoms with Gasteiger partial charge in [-0.2, -0.15) is 0 Å². The van der Waals surface area contributed by atoms with Crippen molar-refractivity contribution in [3.05, 3.63) is 40.5 Å². The Kier molecular flexibility index (Phi) is 3.57. The maximum Gasteiger partial charge on any atom is 0.270 e. The van der Waals surface area contributed by atoms with E-state index >= 15 is 0 Å². The molecule has 102 valence electrons. The predicted molar refractivity (Wildman–Crippen MR) is 72.0 cm³/mol. The summed E-state index contributed by atoms with van der Waals surface area (Å²) in [6, 6.07) is 3.99. The lowest BCUT2D eigenvalue weighted by Gasteiger charge is -2.16. The molecule has 0 aromatic heterocycles. The monoisotopic (exact) mass is 282 g/mol. The molecule has 1 aromatic carbocycles. The Hall–Kier alpha value is -1.89. The average molecular weight is 282 g/mol. The van der Waals surface area contributed by atoms with Gasteiger partial charge in [-0.3, -0.25) is 10.1 Å². The van der Waals surface area contributed by atoms with Crippen molar-refractivity contribution < 1.29 is 13.3 Å². The van der Waals surface area contributed by atoms with E-state index in [1.165, 1.54) is 12.1 Å². The smallest absolute Gasteiger partial charge is 0.270 e. The lowest BCUT2D eigenvalue weighted by molar-refractivity contribution is -0.385. The fourth-order valence-corrected chi connectivity index (χ4v) is 2.87. The highest BCUT2D eigenvalue weighted by molar-refractivity contribution is 7.90. The average Bonchev–Trinajstić information content (AvgIpc) is 2.80. The third-order valence-electron chi connectivity index (χ3n) is 2.94. The summed E-state index contributed by atoms with van der Waals surface area (Å²) in [4.78, 5) is 10.1. The van der Waals surface area contributed by atoms with E-state index in [0.29, 0.717) is 5.69 Å². The third-order valence-corrected chi connectivity index (χ3v) is 4.08. The number of benzene rings is 1. The lowest BCUT2D eigenvalue weighted by Crippen LogP contribution is -2.17. The van der Waals surface area contributed by atoms with Gasteiger partial charge in [0, 0.05) is 24.4 Å². The van der Waals surface area contributed by atoms with Crippen molar-refractivity contribution in [3.63, 3.8) is 0 Å². The first-order valence-electron chi connectivity index (χ1n) is 5.78. The third kappa shape index (κ3) is 3.11. The van der Waals surface area contributed by atoms with Gasteiger partial charge in [0.25, 0.3) is 5.69 Å². The minimum atomic E-state index is -3.52. The zero-order chi connectivity index (χ0) is 14.0. The normalized spacial score (nSPS) is 15.6. The van der Waals surface area contributed by atoms with Crippen LogP contribution in [0.25, 0.3) is 0 Å². The molecule has 0 bridgehead atoms. The van der Waals surface area contributed by atoms with Gasteiger partial charge in [0.05, 0.1) is 15.5 Å². The molecule has 1 aliphatic rings. The molecule has 19 heavy (non-hydrogen) atoms. The topological polar surface area (TPSA) is 89.3 Å². The van der Waals surface area contributed by atoms with E-state index in [-0.39, 0.29) is 16.6 Å². The first kappa shape index (κ1) is 13.5. The summed E-state index contributed by atoms with van der Waals surface area (Å²) >= 11 is 0. The van der Waals surface area contributed by atoms with Crippen molar-refractivity contribution in [1.29, 1.82) is 0 Å². The van der Waals surface area contributed by atoms with Crippen molar-refractivity contribution in [2.75, 3.05) is 11.6 Å². The van der Waals surface area contributed by atoms with Crippen LogP contribution < -0.4 is 5.32 Å². The summed E-state index contributed by atoms with van der Waals surface area (Å²) in [7, 11) is -3.52. The molecule has 2 rings (SSSR count). The minimum Gasteiger partial charge on any atom is -0.381 e. The van der Waals surface area contributed by atoms with Gasteiger partial charge < -0.3 is 5.32 Å². The molecule has 0 atom stereocenters. The number of hydrogen-bond acceptors (Lipinski definition) is 5. The van der Waals surface area contributed by atoms with E-state index < -0.39 is 14.8 Å². The standard InChI is InChI=1S/C12H14N2O4S/c1-19(17,18)12-8-10(14(15)16)6-7-11(12)13-9-4-2-3-5-9/h2-3,6-9,13H,4-5H2,1H3. The second-order valence-corrected chi connectivity index (χ2v) is 6.48. The molecule has 1 aromatic rings. The van der Waals surface area contributed by atoms with Crippen LogP contribution in [0.5, 0.6) is 0 Å². The van der Waals surface area contributed by atoms with Gasteiger partial charge in [-0.15, -0.1) is 0 Å². The number of rotatable bonds is 4. The van der Waals surface area contributed by atoms with Crippen LogP contribution in [0.15, 0.2) is 35.2 Å². The predicted octanol–water partition coefficient (Wildman–Crippen LogP) is 2.13. The molecule has 0 heterocycles. The zero-order valence-electron chi connectivity index (χ0n) is 10.4. The Labute approximate surface area is 111 Å². The summed E-state index contributed by atoms with van der Waals surface area (Å²) in [6.07, 6.45) is 6.72. The fourth-order valence-electron chi connectivity index (χ4n) is 2.01. The molecule has 0 amide bonds. The quantitative estimate of drug-likeness (QED) is 0.519. The summed E-state index contributed by atoms with van der Waals surface area (Å²) in [5.41, 5.74) is 0.192. The van der Waals surface area contributed by atoms with E-state index in [0.717, 1.165) is 25.2 Å². The zero-order valence-corrected chi connectivity index (χ0v) is 11.2. The maximum absolute atomic E-state index is 11.7. The molecule has 7 heteroatoms. The maximum atomic E-state index is 11.7. The molecule has 0 radical (unpaired) electrons. The van der Waals surface area contributed by atoms with E-state index in [1.54, 1.807) is 0 Å². The molecule has 6 nitrogen and oxygen atoms in total. The first-order chi connectivity index (χ1) is 8.88. The largest absolute Gasteiger partial charge is 0.381 e. The van der Waals surface area contributed by atoms with Gasteiger partial charge >= 0.3 is 0 Å². The van der Waals surface area contributed by atoms with E-state index in [9.17, 15) is 18.5 Å². The Balaban J connectivity index is 2.39. The van der Waals surface area contributed by atoms with Crippen LogP contribution in [0.3, 0.4) is 0 Å². The van der Waals surface area contributed by atoms with Crippen molar-refractivity contribution in [3.8, 4) is 0 Å². The van der Waals surface area contributed by atoms with Gasteiger partial charge in [0.15, 0.2) is 9.84 Å². The minimum absolute atomic E-state index is 0.0337. The van der Waals surface area contributed by atoms with Gasteiger partial charge in [-0.05, 0) is 18.9 Å². The molecular formula is C12H14N2O4S. The molecule has 0 spiro atoms. The van der Waals surface area contributed by atoms with Crippen LogP contribution in [-0.2, 0) is 9.84 Å². The van der Waals surface area contributed by atoms with Crippen LogP contribution in [0.4, 0.5) is 11.4 Å². The van der Waals surface area contributed by atoms with E-state index in [1.807, 2.05) is 12.2 Å². The van der Waals surface area contributed by atoms with E-state index in [2.05, 4.69) is 5.32 Å². The van der Waals surface area contributed by atoms with Gasteiger partial charge in [0.2, 0.25) is 0 Å². The highest BCUT2D eigenvalue weighted by atomic mass is 32.2. The molecule has 0 saturated heterocycles. The Morgan fingerprint density at radius 1 is 1.32 bits per heavy atom.